The Morgan fingerprint density at radius 3 is 2.50 bits per heavy atom. The van der Waals surface area contributed by atoms with Crippen LogP contribution in [0.4, 0.5) is 0 Å². The van der Waals surface area contributed by atoms with E-state index in [0.29, 0.717) is 18.9 Å². The number of hydrogen-bond donors (Lipinski definition) is 1. The van der Waals surface area contributed by atoms with Gasteiger partial charge in [0.25, 0.3) is 0 Å². The summed E-state index contributed by atoms with van der Waals surface area (Å²) in [6.07, 6.45) is 2.24. The third-order valence-corrected chi connectivity index (χ3v) is 4.72. The fourth-order valence-electron chi connectivity index (χ4n) is 2.05. The molecule has 102 valence electrons. The molecule has 18 heavy (non-hydrogen) atoms. The lowest BCUT2D eigenvalue weighted by atomic mass is 10.3. The van der Waals surface area contributed by atoms with Crippen molar-refractivity contribution in [2.45, 2.75) is 39.3 Å². The summed E-state index contributed by atoms with van der Waals surface area (Å²) in [5, 5.41) is 1.28. The topological polar surface area (TPSA) is 44.5 Å². The van der Waals surface area contributed by atoms with Crippen molar-refractivity contribution < 1.29 is 9.47 Å². The van der Waals surface area contributed by atoms with Crippen LogP contribution in [0, 0.1) is 0 Å². The highest BCUT2D eigenvalue weighted by Gasteiger charge is 2.13. The molecular weight excluding hydrogens is 242 g/mol. The average Bonchev–Trinajstić information content (AvgIpc) is 2.34. The van der Waals surface area contributed by atoms with E-state index in [1.54, 1.807) is 0 Å². The molecule has 0 aliphatic heterocycles. The molecule has 1 unspecified atom stereocenters. The Hall–Kier alpha value is -1.00. The first kappa shape index (κ1) is 15.1. The molecule has 3 nitrogen and oxygen atoms in total. The minimum Gasteiger partial charge on any atom is -0.490 e. The van der Waals surface area contributed by atoms with E-state index in [2.05, 4.69) is 13.0 Å². The minimum absolute atomic E-state index is 0.325. The second-order valence-corrected chi connectivity index (χ2v) is 6.58. The SMILES string of the molecule is CCCC(N)[SiH2]c1cccc(OCC)c1OCC. The summed E-state index contributed by atoms with van der Waals surface area (Å²) in [4.78, 5) is 0. The summed E-state index contributed by atoms with van der Waals surface area (Å²) in [6, 6.07) is 6.14. The molecule has 0 saturated carbocycles. The van der Waals surface area contributed by atoms with E-state index < -0.39 is 9.52 Å². The van der Waals surface area contributed by atoms with Gasteiger partial charge in [0, 0.05) is 0 Å². The van der Waals surface area contributed by atoms with Crippen LogP contribution >= 0.6 is 0 Å². The van der Waals surface area contributed by atoms with Gasteiger partial charge < -0.3 is 15.2 Å². The monoisotopic (exact) mass is 267 g/mol. The summed E-state index contributed by atoms with van der Waals surface area (Å²) in [6.45, 7) is 7.48. The Labute approximate surface area is 112 Å². The van der Waals surface area contributed by atoms with Crippen LogP contribution in [-0.4, -0.2) is 28.4 Å². The maximum absolute atomic E-state index is 6.17. The highest BCUT2D eigenvalue weighted by molar-refractivity contribution is 6.56. The molecule has 0 amide bonds. The normalized spacial score (nSPS) is 12.9. The molecule has 0 aliphatic carbocycles. The van der Waals surface area contributed by atoms with Crippen LogP contribution in [0.1, 0.15) is 33.6 Å². The molecule has 1 aromatic carbocycles. The molecule has 2 N–H and O–H groups in total. The van der Waals surface area contributed by atoms with Gasteiger partial charge in [-0.05, 0) is 37.2 Å². The van der Waals surface area contributed by atoms with Gasteiger partial charge in [0.05, 0.1) is 22.7 Å². The molecule has 1 aromatic rings. The van der Waals surface area contributed by atoms with E-state index in [1.165, 1.54) is 5.19 Å². The Bertz CT molecular complexity index is 358. The van der Waals surface area contributed by atoms with Crippen molar-refractivity contribution in [3.05, 3.63) is 18.2 Å². The Kier molecular flexibility index (Phi) is 6.83. The van der Waals surface area contributed by atoms with Crippen molar-refractivity contribution in [2.75, 3.05) is 13.2 Å². The van der Waals surface area contributed by atoms with Gasteiger partial charge in [-0.25, -0.2) is 0 Å². The fourth-order valence-corrected chi connectivity index (χ4v) is 3.97. The molecule has 0 spiro atoms. The molecule has 0 radical (unpaired) electrons. The quantitative estimate of drug-likeness (QED) is 0.723. The molecule has 4 heteroatoms. The first-order chi connectivity index (χ1) is 8.72. The number of nitrogens with two attached hydrogens (primary N) is 1. The summed E-state index contributed by atoms with van der Waals surface area (Å²) in [5.74, 6) is 1.77. The van der Waals surface area contributed by atoms with Crippen molar-refractivity contribution >= 4 is 14.7 Å². The van der Waals surface area contributed by atoms with E-state index in [0.717, 1.165) is 24.3 Å². The van der Waals surface area contributed by atoms with Gasteiger partial charge in [-0.15, -0.1) is 0 Å². The van der Waals surface area contributed by atoms with Crippen molar-refractivity contribution in [1.29, 1.82) is 0 Å². The van der Waals surface area contributed by atoms with E-state index in [9.17, 15) is 0 Å². The average molecular weight is 267 g/mol. The van der Waals surface area contributed by atoms with Crippen LogP contribution in [-0.2, 0) is 0 Å². The summed E-state index contributed by atoms with van der Waals surface area (Å²) in [5.41, 5.74) is 6.50. The predicted molar refractivity (Wildman–Crippen MR) is 79.8 cm³/mol. The molecule has 0 heterocycles. The predicted octanol–water partition coefficient (Wildman–Crippen LogP) is 1.36. The number of rotatable bonds is 8. The van der Waals surface area contributed by atoms with Crippen LogP contribution < -0.4 is 20.4 Å². The van der Waals surface area contributed by atoms with Crippen molar-refractivity contribution in [3.63, 3.8) is 0 Å². The van der Waals surface area contributed by atoms with E-state index in [4.69, 9.17) is 15.2 Å². The molecule has 1 atom stereocenters. The number of hydrogen-bond acceptors (Lipinski definition) is 3. The second kappa shape index (κ2) is 8.16. The molecule has 0 aliphatic rings. The van der Waals surface area contributed by atoms with Crippen LogP contribution in [0.3, 0.4) is 0 Å². The lowest BCUT2D eigenvalue weighted by Gasteiger charge is -2.17. The van der Waals surface area contributed by atoms with Crippen molar-refractivity contribution in [1.82, 2.24) is 0 Å². The minimum atomic E-state index is -0.513. The number of ether oxygens (including phenoxy) is 2. The lowest BCUT2D eigenvalue weighted by Crippen LogP contribution is -2.36. The smallest absolute Gasteiger partial charge is 0.160 e. The van der Waals surface area contributed by atoms with Gasteiger partial charge in [0.15, 0.2) is 11.5 Å². The largest absolute Gasteiger partial charge is 0.490 e. The molecule has 0 fully saturated rings. The van der Waals surface area contributed by atoms with Gasteiger partial charge in [0.1, 0.15) is 0 Å². The highest BCUT2D eigenvalue weighted by Crippen LogP contribution is 2.24. The lowest BCUT2D eigenvalue weighted by molar-refractivity contribution is 0.289. The second-order valence-electron chi connectivity index (χ2n) is 4.36. The molecular formula is C14H25NO2Si. The van der Waals surface area contributed by atoms with Crippen molar-refractivity contribution in [2.24, 2.45) is 5.73 Å². The summed E-state index contributed by atoms with van der Waals surface area (Å²) < 4.78 is 11.4. The van der Waals surface area contributed by atoms with Gasteiger partial charge in [-0.3, -0.25) is 0 Å². The first-order valence-corrected chi connectivity index (χ1v) is 8.38. The van der Waals surface area contributed by atoms with E-state index >= 15 is 0 Å². The Morgan fingerprint density at radius 1 is 1.17 bits per heavy atom. The Balaban J connectivity index is 2.90. The first-order valence-electron chi connectivity index (χ1n) is 6.85. The zero-order chi connectivity index (χ0) is 13.4. The van der Waals surface area contributed by atoms with Crippen LogP contribution in [0.25, 0.3) is 0 Å². The van der Waals surface area contributed by atoms with E-state index in [-0.39, 0.29) is 0 Å². The van der Waals surface area contributed by atoms with Crippen LogP contribution in [0.2, 0.25) is 0 Å². The van der Waals surface area contributed by atoms with Crippen molar-refractivity contribution in [3.8, 4) is 11.5 Å². The third-order valence-electron chi connectivity index (χ3n) is 2.79. The zero-order valence-corrected chi connectivity index (χ0v) is 13.2. The van der Waals surface area contributed by atoms with Gasteiger partial charge >= 0.3 is 0 Å². The van der Waals surface area contributed by atoms with Gasteiger partial charge in [-0.1, -0.05) is 25.5 Å². The third kappa shape index (κ3) is 4.35. The molecule has 1 rings (SSSR count). The van der Waals surface area contributed by atoms with Gasteiger partial charge in [-0.2, -0.15) is 0 Å². The van der Waals surface area contributed by atoms with E-state index in [1.807, 2.05) is 26.0 Å². The van der Waals surface area contributed by atoms with Crippen LogP contribution in [0.5, 0.6) is 11.5 Å². The summed E-state index contributed by atoms with van der Waals surface area (Å²) in [7, 11) is -0.513. The molecule has 0 aromatic heterocycles. The van der Waals surface area contributed by atoms with Gasteiger partial charge in [0.2, 0.25) is 0 Å². The fraction of sp³-hybridized carbons (Fsp3) is 0.571. The standard InChI is InChI=1S/C14H25NO2Si/c1-4-8-13(15)18-12-10-7-9-11(16-5-2)14(12)17-6-3/h7,9-10,13H,4-6,8,15,18H2,1-3H3. The maximum atomic E-state index is 6.17. The molecule has 0 bridgehead atoms. The zero-order valence-electron chi connectivity index (χ0n) is 11.7. The molecule has 0 saturated heterocycles. The number of para-hydroxylation sites is 1. The highest BCUT2D eigenvalue weighted by atomic mass is 28.2. The summed E-state index contributed by atoms with van der Waals surface area (Å²) >= 11 is 0. The Morgan fingerprint density at radius 2 is 1.89 bits per heavy atom. The maximum Gasteiger partial charge on any atom is 0.160 e. The van der Waals surface area contributed by atoms with Crippen LogP contribution in [0.15, 0.2) is 18.2 Å². The number of benzene rings is 1.